The Morgan fingerprint density at radius 1 is 1.00 bits per heavy atom. The van der Waals surface area contributed by atoms with Crippen LogP contribution in [0.4, 0.5) is 0 Å². The van der Waals surface area contributed by atoms with Gasteiger partial charge in [0.1, 0.15) is 0 Å². The van der Waals surface area contributed by atoms with Crippen LogP contribution in [-0.2, 0) is 5.11 Å². The maximum Gasteiger partial charge on any atom is 0.275 e. The Morgan fingerprint density at radius 2 is 1.60 bits per heavy atom. The van der Waals surface area contributed by atoms with Gasteiger partial charge in [-0.3, -0.25) is 0 Å². The minimum atomic E-state index is -2.55. The molecular weight excluding hydrogens is 136 g/mol. The molecular formula is C6H13O4. The van der Waals surface area contributed by atoms with Crippen molar-refractivity contribution >= 4 is 0 Å². The first kappa shape index (κ1) is 9.84. The number of hydrogen-bond acceptors (Lipinski definition) is 3. The lowest BCUT2D eigenvalue weighted by molar-refractivity contribution is -0.315. The molecule has 0 aromatic heterocycles. The topological polar surface area (TPSA) is 80.6 Å². The molecule has 0 atom stereocenters. The van der Waals surface area contributed by atoms with Crippen molar-refractivity contribution < 1.29 is 20.4 Å². The normalized spacial score (nSPS) is 12.0. The molecule has 4 nitrogen and oxygen atoms in total. The molecule has 61 valence electrons. The lowest BCUT2D eigenvalue weighted by atomic mass is 10.2. The highest BCUT2D eigenvalue weighted by atomic mass is 16.7. The Morgan fingerprint density at radius 3 is 2.00 bits per heavy atom. The zero-order valence-corrected chi connectivity index (χ0v) is 5.79. The lowest BCUT2D eigenvalue weighted by Gasteiger charge is -2.12. The maximum atomic E-state index is 9.87. The molecule has 0 bridgehead atoms. The Bertz CT molecular complexity index is 76.3. The van der Waals surface area contributed by atoms with E-state index in [1.807, 2.05) is 0 Å². The second-order valence-electron chi connectivity index (χ2n) is 2.29. The van der Waals surface area contributed by atoms with E-state index in [0.29, 0.717) is 19.3 Å². The predicted octanol–water partition coefficient (Wildman–Crippen LogP) is -0.392. The summed E-state index contributed by atoms with van der Waals surface area (Å²) in [5.74, 6) is -2.55. The summed E-state index contributed by atoms with van der Waals surface area (Å²) in [6.07, 6.45) is 1.53. The zero-order chi connectivity index (χ0) is 8.04. The summed E-state index contributed by atoms with van der Waals surface area (Å²) in [5.41, 5.74) is 0. The molecule has 0 spiro atoms. The Kier molecular flexibility index (Phi) is 4.55. The van der Waals surface area contributed by atoms with Crippen molar-refractivity contribution in [3.63, 3.8) is 0 Å². The van der Waals surface area contributed by atoms with Gasteiger partial charge in [0.25, 0.3) is 5.97 Å². The third kappa shape index (κ3) is 7.84. The summed E-state index contributed by atoms with van der Waals surface area (Å²) in [5, 5.41) is 34.9. The maximum absolute atomic E-state index is 9.87. The van der Waals surface area contributed by atoms with Crippen molar-refractivity contribution in [3.05, 3.63) is 0 Å². The molecule has 10 heavy (non-hydrogen) atoms. The van der Waals surface area contributed by atoms with E-state index in [-0.39, 0.29) is 13.0 Å². The SMILES string of the molecule is [O]CCCCCC(O)(O)O. The molecule has 0 aliphatic carbocycles. The van der Waals surface area contributed by atoms with Crippen molar-refractivity contribution in [1.82, 2.24) is 0 Å². The van der Waals surface area contributed by atoms with Crippen molar-refractivity contribution in [2.45, 2.75) is 31.7 Å². The number of hydrogen-bond donors (Lipinski definition) is 3. The second-order valence-corrected chi connectivity index (χ2v) is 2.29. The van der Waals surface area contributed by atoms with Crippen LogP contribution in [-0.4, -0.2) is 27.9 Å². The first-order valence-corrected chi connectivity index (χ1v) is 3.31. The molecule has 0 saturated carbocycles. The molecule has 0 fully saturated rings. The lowest BCUT2D eigenvalue weighted by Crippen LogP contribution is -2.26. The van der Waals surface area contributed by atoms with E-state index in [1.54, 1.807) is 0 Å². The highest BCUT2D eigenvalue weighted by molar-refractivity contribution is 4.48. The molecule has 0 saturated heterocycles. The summed E-state index contributed by atoms with van der Waals surface area (Å²) in [4.78, 5) is 0. The molecule has 3 N–H and O–H groups in total. The molecule has 4 heteroatoms. The molecule has 0 aliphatic rings. The smallest absolute Gasteiger partial charge is 0.275 e. The monoisotopic (exact) mass is 149 g/mol. The van der Waals surface area contributed by atoms with Gasteiger partial charge in [0.2, 0.25) is 0 Å². The van der Waals surface area contributed by atoms with Crippen molar-refractivity contribution in [1.29, 1.82) is 0 Å². The van der Waals surface area contributed by atoms with Gasteiger partial charge in [-0.15, -0.1) is 0 Å². The molecule has 0 aromatic carbocycles. The molecule has 0 heterocycles. The molecule has 0 amide bonds. The number of unbranched alkanes of at least 4 members (excludes halogenated alkanes) is 2. The zero-order valence-electron chi connectivity index (χ0n) is 5.79. The predicted molar refractivity (Wildman–Crippen MR) is 33.4 cm³/mol. The van der Waals surface area contributed by atoms with Gasteiger partial charge in [-0.05, 0) is 12.8 Å². The third-order valence-electron chi connectivity index (χ3n) is 1.16. The molecule has 1 radical (unpaired) electrons. The highest BCUT2D eigenvalue weighted by Gasteiger charge is 2.16. The number of aliphatic hydroxyl groups is 3. The van der Waals surface area contributed by atoms with Gasteiger partial charge in [-0.1, -0.05) is 6.42 Å². The van der Waals surface area contributed by atoms with Gasteiger partial charge in [0.15, 0.2) is 0 Å². The third-order valence-corrected chi connectivity index (χ3v) is 1.16. The largest absolute Gasteiger partial charge is 0.344 e. The molecule has 0 aromatic rings. The number of rotatable bonds is 5. The van der Waals surface area contributed by atoms with Crippen LogP contribution >= 0.6 is 0 Å². The average Bonchev–Trinajstić information content (AvgIpc) is 1.78. The van der Waals surface area contributed by atoms with Crippen LogP contribution in [0.15, 0.2) is 0 Å². The van der Waals surface area contributed by atoms with Crippen LogP contribution in [0, 0.1) is 0 Å². The minimum Gasteiger partial charge on any atom is -0.344 e. The summed E-state index contributed by atoms with van der Waals surface area (Å²) in [6, 6.07) is 0. The van der Waals surface area contributed by atoms with Gasteiger partial charge in [-0.2, -0.15) is 0 Å². The van der Waals surface area contributed by atoms with E-state index in [4.69, 9.17) is 15.3 Å². The standard InChI is InChI=1S/C6H13O4/c7-5-3-1-2-4-6(8,9)10/h8-10H,1-5H2. The van der Waals surface area contributed by atoms with E-state index >= 15 is 0 Å². The van der Waals surface area contributed by atoms with Gasteiger partial charge in [0.05, 0.1) is 6.61 Å². The highest BCUT2D eigenvalue weighted by Crippen LogP contribution is 2.07. The van der Waals surface area contributed by atoms with Crippen molar-refractivity contribution in [2.24, 2.45) is 0 Å². The Labute approximate surface area is 59.7 Å². The first-order valence-electron chi connectivity index (χ1n) is 3.31. The van der Waals surface area contributed by atoms with Crippen LogP contribution in [0.3, 0.4) is 0 Å². The fraction of sp³-hybridized carbons (Fsp3) is 1.00. The average molecular weight is 149 g/mol. The Balaban J connectivity index is 3.04. The van der Waals surface area contributed by atoms with E-state index < -0.39 is 5.97 Å². The van der Waals surface area contributed by atoms with Crippen LogP contribution < -0.4 is 0 Å². The summed E-state index contributed by atoms with van der Waals surface area (Å²) in [6.45, 7) is -0.144. The van der Waals surface area contributed by atoms with Crippen molar-refractivity contribution in [3.8, 4) is 0 Å². The van der Waals surface area contributed by atoms with Crippen LogP contribution in [0.5, 0.6) is 0 Å². The van der Waals surface area contributed by atoms with E-state index in [9.17, 15) is 5.11 Å². The van der Waals surface area contributed by atoms with Gasteiger partial charge in [0, 0.05) is 6.42 Å². The fourth-order valence-corrected chi connectivity index (χ4v) is 0.641. The summed E-state index contributed by atoms with van der Waals surface area (Å²) < 4.78 is 0. The molecule has 0 rings (SSSR count). The van der Waals surface area contributed by atoms with Gasteiger partial charge < -0.3 is 15.3 Å². The fourth-order valence-electron chi connectivity index (χ4n) is 0.641. The second kappa shape index (κ2) is 4.62. The summed E-state index contributed by atoms with van der Waals surface area (Å²) >= 11 is 0. The van der Waals surface area contributed by atoms with Gasteiger partial charge in [-0.25, -0.2) is 5.11 Å². The minimum absolute atomic E-state index is 0.0903. The van der Waals surface area contributed by atoms with E-state index in [2.05, 4.69) is 0 Å². The van der Waals surface area contributed by atoms with Gasteiger partial charge >= 0.3 is 0 Å². The summed E-state index contributed by atoms with van der Waals surface area (Å²) in [7, 11) is 0. The van der Waals surface area contributed by atoms with Crippen LogP contribution in [0.1, 0.15) is 25.7 Å². The quantitative estimate of drug-likeness (QED) is 0.368. The molecule has 0 aliphatic heterocycles. The van der Waals surface area contributed by atoms with Crippen LogP contribution in [0.25, 0.3) is 0 Å². The molecule has 0 unspecified atom stereocenters. The van der Waals surface area contributed by atoms with Crippen LogP contribution in [0.2, 0.25) is 0 Å². The van der Waals surface area contributed by atoms with E-state index in [0.717, 1.165) is 0 Å². The van der Waals surface area contributed by atoms with Crippen molar-refractivity contribution in [2.75, 3.05) is 6.61 Å². The first-order chi connectivity index (χ1) is 4.56. The Hall–Kier alpha value is -0.160. The van der Waals surface area contributed by atoms with E-state index in [1.165, 1.54) is 0 Å².